The van der Waals surface area contributed by atoms with Crippen LogP contribution in [0.1, 0.15) is 39.9 Å². The van der Waals surface area contributed by atoms with Gasteiger partial charge in [-0.05, 0) is 44.4 Å². The molecule has 0 radical (unpaired) electrons. The average Bonchev–Trinajstić information content (AvgIpc) is 2.93. The van der Waals surface area contributed by atoms with Crippen LogP contribution in [0.15, 0.2) is 48.5 Å². The topological polar surface area (TPSA) is 69.7 Å². The van der Waals surface area contributed by atoms with Gasteiger partial charge in [0, 0.05) is 12.1 Å². The van der Waals surface area contributed by atoms with E-state index in [0.717, 1.165) is 16.7 Å². The summed E-state index contributed by atoms with van der Waals surface area (Å²) in [6.45, 7) is 4.95. The summed E-state index contributed by atoms with van der Waals surface area (Å²) in [6, 6.07) is 14.8. The maximum Gasteiger partial charge on any atom is 0.325 e. The number of imide groups is 1. The van der Waals surface area contributed by atoms with Crippen molar-refractivity contribution >= 4 is 17.8 Å². The van der Waals surface area contributed by atoms with Crippen LogP contribution in [0.5, 0.6) is 0 Å². The van der Waals surface area contributed by atoms with Gasteiger partial charge in [-0.3, -0.25) is 14.5 Å². The molecular formula is C23H25N3O3. The number of urea groups is 1. The van der Waals surface area contributed by atoms with Gasteiger partial charge in [0.2, 0.25) is 0 Å². The van der Waals surface area contributed by atoms with Gasteiger partial charge in [0.1, 0.15) is 5.54 Å². The molecule has 4 rings (SSSR count). The number of amides is 4. The van der Waals surface area contributed by atoms with Crippen LogP contribution in [0, 0.1) is 13.8 Å². The Morgan fingerprint density at radius 1 is 1.07 bits per heavy atom. The Balaban J connectivity index is 1.53. The van der Waals surface area contributed by atoms with Crippen molar-refractivity contribution in [3.63, 3.8) is 0 Å². The predicted octanol–water partition coefficient (Wildman–Crippen LogP) is 3.03. The van der Waals surface area contributed by atoms with Gasteiger partial charge in [-0.15, -0.1) is 0 Å². The first-order valence-electron chi connectivity index (χ1n) is 9.94. The first-order valence-corrected chi connectivity index (χ1v) is 9.94. The monoisotopic (exact) mass is 391 g/mol. The summed E-state index contributed by atoms with van der Waals surface area (Å²) in [4.78, 5) is 41.8. The summed E-state index contributed by atoms with van der Waals surface area (Å²) >= 11 is 0. The number of aryl methyl sites for hydroxylation is 2. The number of nitrogens with one attached hydrogen (secondary N) is 1. The minimum atomic E-state index is -1.03. The molecule has 1 atom stereocenters. The smallest absolute Gasteiger partial charge is 0.325 e. The quantitative estimate of drug-likeness (QED) is 0.818. The molecule has 2 aromatic carbocycles. The molecule has 1 N–H and O–H groups in total. The number of hydrogen-bond donors (Lipinski definition) is 1. The van der Waals surface area contributed by atoms with Gasteiger partial charge in [-0.2, -0.15) is 0 Å². The maximum absolute atomic E-state index is 13.2. The molecule has 6 heteroatoms. The SMILES string of the molecule is Cc1ccc(CN2C(=O)N[C@]3(CCCN(C(=O)c4cccc(C)c4)C3)C2=O)cc1. The van der Waals surface area contributed by atoms with Crippen molar-refractivity contribution < 1.29 is 14.4 Å². The Morgan fingerprint density at radius 2 is 1.83 bits per heavy atom. The largest absolute Gasteiger partial charge is 0.336 e. The molecule has 2 heterocycles. The van der Waals surface area contributed by atoms with E-state index in [0.29, 0.717) is 24.9 Å². The van der Waals surface area contributed by atoms with E-state index in [2.05, 4.69) is 5.32 Å². The van der Waals surface area contributed by atoms with Gasteiger partial charge in [0.05, 0.1) is 13.1 Å². The number of hydrogen-bond acceptors (Lipinski definition) is 3. The molecular weight excluding hydrogens is 366 g/mol. The summed E-state index contributed by atoms with van der Waals surface area (Å²) in [6.07, 6.45) is 1.21. The van der Waals surface area contributed by atoms with Crippen LogP contribution in [0.25, 0.3) is 0 Å². The number of nitrogens with zero attached hydrogens (tertiary/aromatic N) is 2. The Labute approximate surface area is 170 Å². The lowest BCUT2D eigenvalue weighted by molar-refractivity contribution is -0.133. The lowest BCUT2D eigenvalue weighted by atomic mass is 9.88. The molecule has 0 aliphatic carbocycles. The van der Waals surface area contributed by atoms with Crippen molar-refractivity contribution in [2.75, 3.05) is 13.1 Å². The van der Waals surface area contributed by atoms with E-state index in [9.17, 15) is 14.4 Å². The molecule has 1 spiro atoms. The van der Waals surface area contributed by atoms with Gasteiger partial charge in [-0.1, -0.05) is 47.5 Å². The van der Waals surface area contributed by atoms with Crippen LogP contribution >= 0.6 is 0 Å². The first-order chi connectivity index (χ1) is 13.9. The van der Waals surface area contributed by atoms with Gasteiger partial charge in [0.25, 0.3) is 11.8 Å². The minimum Gasteiger partial charge on any atom is -0.336 e. The van der Waals surface area contributed by atoms with E-state index in [1.165, 1.54) is 4.90 Å². The standard InChI is InChI=1S/C23H25N3O3/c1-16-7-9-18(10-8-16)14-26-21(28)23(24-22(26)29)11-4-12-25(15-23)20(27)19-6-3-5-17(2)13-19/h3,5-10,13H,4,11-12,14-15H2,1-2H3,(H,24,29)/t23-/m0/s1. The zero-order valence-electron chi connectivity index (χ0n) is 16.8. The molecule has 0 aromatic heterocycles. The Hall–Kier alpha value is -3.15. The van der Waals surface area contributed by atoms with E-state index in [-0.39, 0.29) is 30.9 Å². The maximum atomic E-state index is 13.2. The zero-order chi connectivity index (χ0) is 20.6. The fourth-order valence-electron chi connectivity index (χ4n) is 4.16. The molecule has 6 nitrogen and oxygen atoms in total. The lowest BCUT2D eigenvalue weighted by Gasteiger charge is -2.38. The third-order valence-electron chi connectivity index (χ3n) is 5.75. The number of likely N-dealkylation sites (tertiary alicyclic amines) is 1. The highest BCUT2D eigenvalue weighted by Crippen LogP contribution is 2.30. The number of carbonyl (C=O) groups excluding carboxylic acids is 3. The summed E-state index contributed by atoms with van der Waals surface area (Å²) < 4.78 is 0. The van der Waals surface area contributed by atoms with Crippen molar-refractivity contribution in [1.82, 2.24) is 15.1 Å². The molecule has 4 amide bonds. The second-order valence-electron chi connectivity index (χ2n) is 8.09. The molecule has 150 valence electrons. The molecule has 2 aliphatic rings. The Morgan fingerprint density at radius 3 is 2.55 bits per heavy atom. The van der Waals surface area contributed by atoms with Gasteiger partial charge >= 0.3 is 6.03 Å². The summed E-state index contributed by atoms with van der Waals surface area (Å²) in [5, 5.41) is 2.89. The van der Waals surface area contributed by atoms with Crippen LogP contribution in [-0.2, 0) is 11.3 Å². The second-order valence-corrected chi connectivity index (χ2v) is 8.09. The normalized spacial score (nSPS) is 21.6. The fraction of sp³-hybridized carbons (Fsp3) is 0.348. The highest BCUT2D eigenvalue weighted by atomic mass is 16.2. The van der Waals surface area contributed by atoms with Crippen LogP contribution in [-0.4, -0.2) is 46.3 Å². The average molecular weight is 391 g/mol. The Kier molecular flexibility index (Phi) is 4.86. The van der Waals surface area contributed by atoms with Crippen LogP contribution in [0.4, 0.5) is 4.79 Å². The van der Waals surface area contributed by atoms with E-state index >= 15 is 0 Å². The van der Waals surface area contributed by atoms with Crippen molar-refractivity contribution in [3.05, 3.63) is 70.8 Å². The molecule has 2 saturated heterocycles. The number of benzene rings is 2. The number of carbonyl (C=O) groups is 3. The van der Waals surface area contributed by atoms with E-state index < -0.39 is 5.54 Å². The predicted molar refractivity (Wildman–Crippen MR) is 109 cm³/mol. The third kappa shape index (κ3) is 3.62. The van der Waals surface area contributed by atoms with Crippen molar-refractivity contribution in [3.8, 4) is 0 Å². The highest BCUT2D eigenvalue weighted by Gasteiger charge is 2.53. The summed E-state index contributed by atoms with van der Waals surface area (Å²) in [7, 11) is 0. The van der Waals surface area contributed by atoms with E-state index in [1.54, 1.807) is 11.0 Å². The van der Waals surface area contributed by atoms with Gasteiger partial charge in [-0.25, -0.2) is 4.79 Å². The van der Waals surface area contributed by atoms with Crippen LogP contribution in [0.2, 0.25) is 0 Å². The van der Waals surface area contributed by atoms with Crippen molar-refractivity contribution in [2.45, 2.75) is 38.8 Å². The minimum absolute atomic E-state index is 0.105. The van der Waals surface area contributed by atoms with Crippen LogP contribution < -0.4 is 5.32 Å². The molecule has 29 heavy (non-hydrogen) atoms. The third-order valence-corrected chi connectivity index (χ3v) is 5.75. The fourth-order valence-corrected chi connectivity index (χ4v) is 4.16. The molecule has 0 saturated carbocycles. The summed E-state index contributed by atoms with van der Waals surface area (Å²) in [5.41, 5.74) is 2.62. The lowest BCUT2D eigenvalue weighted by Crippen LogP contribution is -2.59. The second kappa shape index (κ2) is 7.35. The van der Waals surface area contributed by atoms with Gasteiger partial charge in [0.15, 0.2) is 0 Å². The van der Waals surface area contributed by atoms with Crippen molar-refractivity contribution in [1.29, 1.82) is 0 Å². The first kappa shape index (κ1) is 19.2. The van der Waals surface area contributed by atoms with Crippen LogP contribution in [0.3, 0.4) is 0 Å². The Bertz CT molecular complexity index is 970. The molecule has 2 fully saturated rings. The highest BCUT2D eigenvalue weighted by molar-refractivity contribution is 6.07. The molecule has 0 bridgehead atoms. The number of piperidine rings is 1. The number of rotatable bonds is 3. The van der Waals surface area contributed by atoms with Gasteiger partial charge < -0.3 is 10.2 Å². The zero-order valence-corrected chi connectivity index (χ0v) is 16.8. The van der Waals surface area contributed by atoms with E-state index in [4.69, 9.17) is 0 Å². The van der Waals surface area contributed by atoms with Crippen molar-refractivity contribution in [2.24, 2.45) is 0 Å². The molecule has 0 unspecified atom stereocenters. The van der Waals surface area contributed by atoms with E-state index in [1.807, 2.05) is 56.3 Å². The molecule has 2 aliphatic heterocycles. The summed E-state index contributed by atoms with van der Waals surface area (Å²) in [5.74, 6) is -0.350. The molecule has 2 aromatic rings.